The van der Waals surface area contributed by atoms with Gasteiger partial charge in [0.25, 0.3) is 0 Å². The summed E-state index contributed by atoms with van der Waals surface area (Å²) in [6.07, 6.45) is 10.8. The molecule has 2 rings (SSSR count). The van der Waals surface area contributed by atoms with Crippen molar-refractivity contribution >= 4 is 0 Å². The van der Waals surface area contributed by atoms with Crippen LogP contribution in [-0.4, -0.2) is 27.4 Å². The van der Waals surface area contributed by atoms with Gasteiger partial charge in [-0.3, -0.25) is 0 Å². The highest BCUT2D eigenvalue weighted by atomic mass is 15.3. The number of hydrogen-bond donors (Lipinski definition) is 1. The van der Waals surface area contributed by atoms with Crippen molar-refractivity contribution in [3.05, 3.63) is 12.2 Å². The van der Waals surface area contributed by atoms with E-state index in [0.717, 1.165) is 25.4 Å². The molecular weight excluding hydrogens is 260 g/mol. The zero-order valence-corrected chi connectivity index (χ0v) is 14.0. The monoisotopic (exact) mass is 292 g/mol. The summed E-state index contributed by atoms with van der Waals surface area (Å²) in [5, 5.41) is 8.13. The molecular formula is C17H32N4. The second-order valence-electron chi connectivity index (χ2n) is 6.99. The molecule has 1 heterocycles. The van der Waals surface area contributed by atoms with Gasteiger partial charge in [-0.2, -0.15) is 5.10 Å². The Morgan fingerprint density at radius 1 is 1.33 bits per heavy atom. The minimum atomic E-state index is 0.624. The third-order valence-corrected chi connectivity index (χ3v) is 4.42. The van der Waals surface area contributed by atoms with Crippen LogP contribution in [0.15, 0.2) is 6.33 Å². The fraction of sp³-hybridized carbons (Fsp3) is 0.882. The Kier molecular flexibility index (Phi) is 6.68. The highest BCUT2D eigenvalue weighted by Gasteiger charge is 2.21. The second-order valence-corrected chi connectivity index (χ2v) is 6.99. The molecule has 2 atom stereocenters. The Morgan fingerprint density at radius 2 is 2.14 bits per heavy atom. The van der Waals surface area contributed by atoms with E-state index in [1.165, 1.54) is 44.3 Å². The third kappa shape index (κ3) is 5.42. The molecule has 0 bridgehead atoms. The van der Waals surface area contributed by atoms with Crippen LogP contribution in [-0.2, 0) is 13.0 Å². The first-order valence-corrected chi connectivity index (χ1v) is 8.79. The lowest BCUT2D eigenvalue weighted by atomic mass is 9.94. The Bertz CT molecular complexity index is 399. The average molecular weight is 292 g/mol. The molecule has 120 valence electrons. The van der Waals surface area contributed by atoms with Crippen LogP contribution in [0.4, 0.5) is 0 Å². The van der Waals surface area contributed by atoms with Gasteiger partial charge < -0.3 is 5.32 Å². The van der Waals surface area contributed by atoms with Gasteiger partial charge >= 0.3 is 0 Å². The van der Waals surface area contributed by atoms with E-state index in [1.54, 1.807) is 6.33 Å². The van der Waals surface area contributed by atoms with Crippen LogP contribution in [0.3, 0.4) is 0 Å². The van der Waals surface area contributed by atoms with Gasteiger partial charge in [-0.15, -0.1) is 0 Å². The summed E-state index contributed by atoms with van der Waals surface area (Å²) < 4.78 is 2.12. The first-order chi connectivity index (χ1) is 10.2. The normalized spacial score (nSPS) is 23.4. The molecule has 4 heteroatoms. The van der Waals surface area contributed by atoms with Gasteiger partial charge in [0.1, 0.15) is 12.2 Å². The van der Waals surface area contributed by atoms with Crippen LogP contribution in [0.25, 0.3) is 0 Å². The van der Waals surface area contributed by atoms with E-state index in [9.17, 15) is 0 Å². The van der Waals surface area contributed by atoms with Gasteiger partial charge in [-0.1, -0.05) is 33.6 Å². The van der Waals surface area contributed by atoms with Crippen LogP contribution in [0.2, 0.25) is 0 Å². The van der Waals surface area contributed by atoms with Crippen molar-refractivity contribution in [1.29, 1.82) is 0 Å². The van der Waals surface area contributed by atoms with Crippen LogP contribution >= 0.6 is 0 Å². The number of aromatic nitrogens is 3. The molecule has 1 saturated carbocycles. The predicted molar refractivity (Wildman–Crippen MR) is 87.2 cm³/mol. The third-order valence-electron chi connectivity index (χ3n) is 4.42. The maximum absolute atomic E-state index is 4.51. The van der Waals surface area contributed by atoms with E-state index in [-0.39, 0.29) is 0 Å². The van der Waals surface area contributed by atoms with E-state index >= 15 is 0 Å². The summed E-state index contributed by atoms with van der Waals surface area (Å²) in [7, 11) is 0. The molecule has 0 aromatic carbocycles. The zero-order chi connectivity index (χ0) is 15.1. The zero-order valence-electron chi connectivity index (χ0n) is 14.0. The molecule has 0 radical (unpaired) electrons. The van der Waals surface area contributed by atoms with Gasteiger partial charge in [-0.05, 0) is 44.1 Å². The maximum atomic E-state index is 4.51. The van der Waals surface area contributed by atoms with Crippen LogP contribution < -0.4 is 5.32 Å². The van der Waals surface area contributed by atoms with Gasteiger partial charge in [-0.25, -0.2) is 9.67 Å². The minimum absolute atomic E-state index is 0.624. The highest BCUT2D eigenvalue weighted by Crippen LogP contribution is 2.26. The molecule has 1 aromatic rings. The lowest BCUT2D eigenvalue weighted by Crippen LogP contribution is -2.31. The molecule has 0 spiro atoms. The van der Waals surface area contributed by atoms with Crippen molar-refractivity contribution in [2.45, 2.75) is 78.3 Å². The Balaban J connectivity index is 1.92. The molecule has 0 amide bonds. The van der Waals surface area contributed by atoms with Crippen molar-refractivity contribution in [1.82, 2.24) is 20.1 Å². The summed E-state index contributed by atoms with van der Waals surface area (Å²) in [4.78, 5) is 4.51. The molecule has 1 fully saturated rings. The molecule has 4 nitrogen and oxygen atoms in total. The van der Waals surface area contributed by atoms with E-state index in [0.29, 0.717) is 12.0 Å². The van der Waals surface area contributed by atoms with Crippen LogP contribution in [0, 0.1) is 11.8 Å². The summed E-state index contributed by atoms with van der Waals surface area (Å²) in [5.41, 5.74) is 0. The molecule has 1 aliphatic carbocycles. The van der Waals surface area contributed by atoms with E-state index in [4.69, 9.17) is 0 Å². The van der Waals surface area contributed by atoms with Crippen molar-refractivity contribution in [2.75, 3.05) is 6.54 Å². The molecule has 0 aliphatic heterocycles. The van der Waals surface area contributed by atoms with Crippen LogP contribution in [0.5, 0.6) is 0 Å². The second kappa shape index (κ2) is 8.52. The molecule has 0 saturated heterocycles. The minimum Gasteiger partial charge on any atom is -0.314 e. The van der Waals surface area contributed by atoms with Gasteiger partial charge in [0.05, 0.1) is 0 Å². The summed E-state index contributed by atoms with van der Waals surface area (Å²) in [6, 6.07) is 0.707. The molecule has 21 heavy (non-hydrogen) atoms. The summed E-state index contributed by atoms with van der Waals surface area (Å²) in [6.45, 7) is 8.86. The first-order valence-electron chi connectivity index (χ1n) is 8.79. The van der Waals surface area contributed by atoms with Crippen molar-refractivity contribution in [2.24, 2.45) is 11.8 Å². The number of nitrogens with zero attached hydrogens (tertiary/aromatic N) is 3. The van der Waals surface area contributed by atoms with E-state index < -0.39 is 0 Å². The Labute approximate surface area is 129 Å². The van der Waals surface area contributed by atoms with Crippen molar-refractivity contribution < 1.29 is 0 Å². The van der Waals surface area contributed by atoms with Gasteiger partial charge in [0, 0.05) is 19.0 Å². The topological polar surface area (TPSA) is 42.7 Å². The van der Waals surface area contributed by atoms with E-state index in [1.807, 2.05) is 0 Å². The number of rotatable bonds is 7. The Morgan fingerprint density at radius 3 is 2.90 bits per heavy atom. The van der Waals surface area contributed by atoms with Gasteiger partial charge in [0.2, 0.25) is 0 Å². The molecule has 1 aliphatic rings. The number of nitrogens with one attached hydrogen (secondary N) is 1. The highest BCUT2D eigenvalue weighted by molar-refractivity contribution is 4.90. The summed E-state index contributed by atoms with van der Waals surface area (Å²) >= 11 is 0. The molecule has 1 N–H and O–H groups in total. The molecule has 2 unspecified atom stereocenters. The fourth-order valence-corrected chi connectivity index (χ4v) is 3.38. The molecule has 1 aromatic heterocycles. The predicted octanol–water partition coefficient (Wildman–Crippen LogP) is 3.43. The van der Waals surface area contributed by atoms with Crippen molar-refractivity contribution in [3.8, 4) is 0 Å². The van der Waals surface area contributed by atoms with Crippen LogP contribution in [0.1, 0.15) is 65.1 Å². The fourth-order valence-electron chi connectivity index (χ4n) is 3.38. The van der Waals surface area contributed by atoms with Crippen molar-refractivity contribution in [3.63, 3.8) is 0 Å². The smallest absolute Gasteiger partial charge is 0.138 e. The van der Waals surface area contributed by atoms with E-state index in [2.05, 4.69) is 40.9 Å². The SMILES string of the molecule is CCCNC1CCCCC(Cc2ncnn2CC(C)C)C1. The first kappa shape index (κ1) is 16.5. The summed E-state index contributed by atoms with van der Waals surface area (Å²) in [5.74, 6) is 2.57. The largest absolute Gasteiger partial charge is 0.314 e. The van der Waals surface area contributed by atoms with Gasteiger partial charge in [0.15, 0.2) is 0 Å². The number of hydrogen-bond acceptors (Lipinski definition) is 3. The lowest BCUT2D eigenvalue weighted by molar-refractivity contribution is 0.368. The average Bonchev–Trinajstić information content (AvgIpc) is 2.73. The maximum Gasteiger partial charge on any atom is 0.138 e. The quantitative estimate of drug-likeness (QED) is 0.783. The standard InChI is InChI=1S/C17H32N4/c1-4-9-18-16-8-6-5-7-15(10-16)11-17-19-13-20-21(17)12-14(2)3/h13-16,18H,4-12H2,1-3H3. The Hall–Kier alpha value is -0.900. The lowest BCUT2D eigenvalue weighted by Gasteiger charge is -2.21.